The summed E-state index contributed by atoms with van der Waals surface area (Å²) in [6, 6.07) is 14.4. The van der Waals surface area contributed by atoms with Crippen LogP contribution in [-0.4, -0.2) is 7.11 Å². The minimum absolute atomic E-state index is 0.104. The molecule has 3 rings (SSSR count). The van der Waals surface area contributed by atoms with Gasteiger partial charge < -0.3 is 15.8 Å². The molecule has 0 aromatic heterocycles. The summed E-state index contributed by atoms with van der Waals surface area (Å²) in [5.41, 5.74) is 9.71. The first-order valence-electron chi connectivity index (χ1n) is 7.10. The van der Waals surface area contributed by atoms with Gasteiger partial charge in [0.1, 0.15) is 5.75 Å². The normalized spacial score (nSPS) is 20.3. The number of ether oxygens (including phenoxy) is 1. The van der Waals surface area contributed by atoms with Crippen molar-refractivity contribution in [1.29, 1.82) is 0 Å². The van der Waals surface area contributed by atoms with E-state index in [0.29, 0.717) is 6.54 Å². The Labute approximate surface area is 130 Å². The second kappa shape index (κ2) is 6.06. The zero-order chi connectivity index (χ0) is 14.8. The van der Waals surface area contributed by atoms with Crippen LogP contribution in [0.2, 0.25) is 5.02 Å². The highest BCUT2D eigenvalue weighted by atomic mass is 35.5. The van der Waals surface area contributed by atoms with Crippen LogP contribution in [0.3, 0.4) is 0 Å². The van der Waals surface area contributed by atoms with E-state index >= 15 is 0 Å². The number of nitrogens with two attached hydrogens (primary N) is 1. The fourth-order valence-electron chi connectivity index (χ4n) is 2.99. The fourth-order valence-corrected chi connectivity index (χ4v) is 3.23. The number of hydrogen-bond donors (Lipinski definition) is 2. The quantitative estimate of drug-likeness (QED) is 0.907. The van der Waals surface area contributed by atoms with Gasteiger partial charge in [0, 0.05) is 29.2 Å². The number of nitrogens with one attached hydrogen (secondary N) is 1. The molecular formula is C17H19ClN2O. The predicted octanol–water partition coefficient (Wildman–Crippen LogP) is 3.58. The molecular weight excluding hydrogens is 284 g/mol. The van der Waals surface area contributed by atoms with Gasteiger partial charge in [0.25, 0.3) is 0 Å². The number of benzene rings is 2. The molecule has 0 radical (unpaired) electrons. The lowest BCUT2D eigenvalue weighted by Gasteiger charge is -2.16. The van der Waals surface area contributed by atoms with Crippen LogP contribution in [0.1, 0.15) is 35.2 Å². The third kappa shape index (κ3) is 2.77. The van der Waals surface area contributed by atoms with Crippen molar-refractivity contribution >= 4 is 11.6 Å². The average molecular weight is 303 g/mol. The number of rotatable bonds is 4. The number of hydrogen-bond acceptors (Lipinski definition) is 3. The van der Waals surface area contributed by atoms with Crippen LogP contribution >= 0.6 is 11.6 Å². The van der Waals surface area contributed by atoms with Gasteiger partial charge in [-0.15, -0.1) is 0 Å². The summed E-state index contributed by atoms with van der Waals surface area (Å²) in [6.07, 6.45) is 0.909. The van der Waals surface area contributed by atoms with Crippen molar-refractivity contribution in [2.75, 3.05) is 7.11 Å². The van der Waals surface area contributed by atoms with E-state index in [0.717, 1.165) is 22.8 Å². The Bertz CT molecular complexity index is 644. The average Bonchev–Trinajstić information content (AvgIpc) is 2.83. The van der Waals surface area contributed by atoms with Crippen molar-refractivity contribution in [3.63, 3.8) is 0 Å². The monoisotopic (exact) mass is 302 g/mol. The molecule has 21 heavy (non-hydrogen) atoms. The second-order valence-electron chi connectivity index (χ2n) is 5.33. The van der Waals surface area contributed by atoms with Crippen molar-refractivity contribution in [2.45, 2.75) is 25.0 Å². The Kier molecular flexibility index (Phi) is 4.15. The second-order valence-corrected chi connectivity index (χ2v) is 5.73. The molecule has 1 aliphatic carbocycles. The Hall–Kier alpha value is -1.55. The molecule has 0 saturated carbocycles. The predicted molar refractivity (Wildman–Crippen MR) is 85.6 cm³/mol. The summed E-state index contributed by atoms with van der Waals surface area (Å²) in [5.74, 6) is 0.811. The molecule has 110 valence electrons. The molecule has 0 heterocycles. The summed E-state index contributed by atoms with van der Waals surface area (Å²) in [6.45, 7) is 0.661. The lowest BCUT2D eigenvalue weighted by Crippen LogP contribution is -2.20. The van der Waals surface area contributed by atoms with Gasteiger partial charge in [0.15, 0.2) is 0 Å². The topological polar surface area (TPSA) is 47.3 Å². The molecule has 2 atom stereocenters. The molecule has 0 spiro atoms. The standard InChI is InChI=1S/C17H19ClN2O/c1-21-17-8-4-7-14(18)13(17)10-20-16-9-15(19)11-5-2-3-6-12(11)16/h2-8,15-16,20H,9-10,19H2,1H3. The van der Waals surface area contributed by atoms with Gasteiger partial charge in [-0.2, -0.15) is 0 Å². The Balaban J connectivity index is 1.78. The molecule has 3 nitrogen and oxygen atoms in total. The highest BCUT2D eigenvalue weighted by Crippen LogP contribution is 2.37. The van der Waals surface area contributed by atoms with Crippen LogP contribution in [0.5, 0.6) is 5.75 Å². The van der Waals surface area contributed by atoms with Gasteiger partial charge in [-0.3, -0.25) is 0 Å². The zero-order valence-corrected chi connectivity index (χ0v) is 12.7. The lowest BCUT2D eigenvalue weighted by molar-refractivity contribution is 0.404. The fraction of sp³-hybridized carbons (Fsp3) is 0.294. The van der Waals surface area contributed by atoms with Gasteiger partial charge in [0.05, 0.1) is 7.11 Å². The van der Waals surface area contributed by atoms with Gasteiger partial charge in [0.2, 0.25) is 0 Å². The maximum Gasteiger partial charge on any atom is 0.124 e. The molecule has 0 amide bonds. The maximum absolute atomic E-state index is 6.28. The molecule has 2 aromatic carbocycles. The van der Waals surface area contributed by atoms with Gasteiger partial charge in [-0.25, -0.2) is 0 Å². The van der Waals surface area contributed by atoms with E-state index in [9.17, 15) is 0 Å². The highest BCUT2D eigenvalue weighted by molar-refractivity contribution is 6.31. The van der Waals surface area contributed by atoms with Crippen LogP contribution < -0.4 is 15.8 Å². The van der Waals surface area contributed by atoms with Crippen molar-refractivity contribution in [3.05, 3.63) is 64.2 Å². The number of methoxy groups -OCH3 is 1. The highest BCUT2D eigenvalue weighted by Gasteiger charge is 2.27. The van der Waals surface area contributed by atoms with E-state index in [1.54, 1.807) is 7.11 Å². The van der Waals surface area contributed by atoms with Crippen LogP contribution in [0.15, 0.2) is 42.5 Å². The zero-order valence-electron chi connectivity index (χ0n) is 12.0. The van der Waals surface area contributed by atoms with Crippen molar-refractivity contribution < 1.29 is 4.74 Å². The third-order valence-electron chi connectivity index (χ3n) is 4.08. The van der Waals surface area contributed by atoms with Crippen LogP contribution in [-0.2, 0) is 6.54 Å². The smallest absolute Gasteiger partial charge is 0.124 e. The summed E-state index contributed by atoms with van der Waals surface area (Å²) in [4.78, 5) is 0. The first-order chi connectivity index (χ1) is 10.2. The van der Waals surface area contributed by atoms with Gasteiger partial charge in [-0.1, -0.05) is 41.9 Å². The third-order valence-corrected chi connectivity index (χ3v) is 4.44. The molecule has 1 aliphatic rings. The van der Waals surface area contributed by atoms with Crippen LogP contribution in [0.4, 0.5) is 0 Å². The van der Waals surface area contributed by atoms with E-state index in [-0.39, 0.29) is 12.1 Å². The first kappa shape index (κ1) is 14.4. The Morgan fingerprint density at radius 3 is 2.71 bits per heavy atom. The summed E-state index contributed by atoms with van der Waals surface area (Å²) in [5, 5.41) is 4.28. The van der Waals surface area contributed by atoms with E-state index in [4.69, 9.17) is 22.1 Å². The van der Waals surface area contributed by atoms with Crippen LogP contribution in [0.25, 0.3) is 0 Å². The minimum Gasteiger partial charge on any atom is -0.496 e. The molecule has 0 fully saturated rings. The molecule has 2 unspecified atom stereocenters. The van der Waals surface area contributed by atoms with Gasteiger partial charge in [-0.05, 0) is 29.7 Å². The number of halogens is 1. The maximum atomic E-state index is 6.28. The van der Waals surface area contributed by atoms with Crippen molar-refractivity contribution in [2.24, 2.45) is 5.73 Å². The summed E-state index contributed by atoms with van der Waals surface area (Å²) < 4.78 is 5.38. The Morgan fingerprint density at radius 1 is 1.19 bits per heavy atom. The Morgan fingerprint density at radius 2 is 1.95 bits per heavy atom. The SMILES string of the molecule is COc1cccc(Cl)c1CNC1CC(N)c2ccccc21. The lowest BCUT2D eigenvalue weighted by atomic mass is 10.1. The molecule has 0 saturated heterocycles. The van der Waals surface area contributed by atoms with E-state index in [1.807, 2.05) is 24.3 Å². The van der Waals surface area contributed by atoms with Crippen molar-refractivity contribution in [3.8, 4) is 5.75 Å². The summed E-state index contributed by atoms with van der Waals surface area (Å²) in [7, 11) is 1.66. The first-order valence-corrected chi connectivity index (χ1v) is 7.47. The molecule has 2 aromatic rings. The van der Waals surface area contributed by atoms with Crippen LogP contribution in [0, 0.1) is 0 Å². The molecule has 4 heteroatoms. The molecule has 3 N–H and O–H groups in total. The van der Waals surface area contributed by atoms with E-state index in [2.05, 4.69) is 23.5 Å². The molecule has 0 aliphatic heterocycles. The van der Waals surface area contributed by atoms with E-state index < -0.39 is 0 Å². The van der Waals surface area contributed by atoms with E-state index in [1.165, 1.54) is 11.1 Å². The largest absolute Gasteiger partial charge is 0.496 e. The van der Waals surface area contributed by atoms with Gasteiger partial charge >= 0.3 is 0 Å². The van der Waals surface area contributed by atoms with Crippen molar-refractivity contribution in [1.82, 2.24) is 5.32 Å². The number of fused-ring (bicyclic) bond motifs is 1. The minimum atomic E-state index is 0.104. The molecule has 0 bridgehead atoms. The summed E-state index contributed by atoms with van der Waals surface area (Å²) >= 11 is 6.28.